The van der Waals surface area contributed by atoms with E-state index in [0.717, 1.165) is 25.7 Å². The molecular weight excluding hydrogens is 548 g/mol. The third kappa shape index (κ3) is 11.3. The van der Waals surface area contributed by atoms with Crippen molar-refractivity contribution in [2.75, 3.05) is 13.1 Å². The molecule has 1 aliphatic carbocycles. The molecule has 2 amide bonds. The van der Waals surface area contributed by atoms with Crippen molar-refractivity contribution in [2.45, 2.75) is 97.0 Å². The van der Waals surface area contributed by atoms with Crippen LogP contribution in [0.25, 0.3) is 0 Å². The van der Waals surface area contributed by atoms with Gasteiger partial charge in [0.05, 0.1) is 18.5 Å². The van der Waals surface area contributed by atoms with Gasteiger partial charge in [0.1, 0.15) is 23.0 Å². The van der Waals surface area contributed by atoms with E-state index in [9.17, 15) is 19.5 Å². The molecule has 3 unspecified atom stereocenters. The van der Waals surface area contributed by atoms with E-state index in [1.807, 2.05) is 6.07 Å². The standard InChI is InChI=1S/C33H48N4O6/c1-32(2,3)42-30(40)36-27(28(38)24-17-11-8-12-18-24)25(29(39)26-19-13-14-20-34-26)22-37(31(41)43-33(4,5)6)35-21-23-15-9-7-10-16-23/h8,11-14,17-20,23,25,27-28,35,38H,7,9-10,15-16,21-22H2,1-6H3,(H,36,40). The van der Waals surface area contributed by atoms with Crippen LogP contribution in [0, 0.1) is 11.8 Å². The molecule has 0 aliphatic heterocycles. The Morgan fingerprint density at radius 1 is 0.930 bits per heavy atom. The molecule has 1 saturated carbocycles. The number of amides is 2. The van der Waals surface area contributed by atoms with Crippen LogP contribution in [0.5, 0.6) is 0 Å². The fourth-order valence-electron chi connectivity index (χ4n) is 5.11. The van der Waals surface area contributed by atoms with E-state index in [4.69, 9.17) is 9.47 Å². The summed E-state index contributed by atoms with van der Waals surface area (Å²) in [6.45, 7) is 10.8. The van der Waals surface area contributed by atoms with Crippen LogP contribution in [0.4, 0.5) is 9.59 Å². The van der Waals surface area contributed by atoms with Gasteiger partial charge in [0.15, 0.2) is 5.78 Å². The second-order valence-electron chi connectivity index (χ2n) is 13.2. The molecule has 10 heteroatoms. The fraction of sp³-hybridized carbons (Fsp3) is 0.576. The summed E-state index contributed by atoms with van der Waals surface area (Å²) < 4.78 is 11.2. The van der Waals surface area contributed by atoms with Gasteiger partial charge >= 0.3 is 12.2 Å². The lowest BCUT2D eigenvalue weighted by atomic mass is 9.86. The first-order chi connectivity index (χ1) is 20.2. The van der Waals surface area contributed by atoms with Gasteiger partial charge < -0.3 is 19.9 Å². The highest BCUT2D eigenvalue weighted by atomic mass is 16.6. The summed E-state index contributed by atoms with van der Waals surface area (Å²) in [5.41, 5.74) is 2.25. The van der Waals surface area contributed by atoms with Gasteiger partial charge in [0, 0.05) is 12.7 Å². The van der Waals surface area contributed by atoms with Gasteiger partial charge in [-0.1, -0.05) is 55.7 Å². The zero-order chi connectivity index (χ0) is 31.6. The van der Waals surface area contributed by atoms with Crippen molar-refractivity contribution in [3.63, 3.8) is 0 Å². The highest BCUT2D eigenvalue weighted by Crippen LogP contribution is 2.27. The lowest BCUT2D eigenvalue weighted by molar-refractivity contribution is 0.00146. The number of pyridine rings is 1. The van der Waals surface area contributed by atoms with Crippen molar-refractivity contribution in [1.82, 2.24) is 20.7 Å². The van der Waals surface area contributed by atoms with Crippen LogP contribution >= 0.6 is 0 Å². The first kappa shape index (κ1) is 34.0. The van der Waals surface area contributed by atoms with Gasteiger partial charge in [-0.15, -0.1) is 0 Å². The maximum Gasteiger partial charge on any atom is 0.424 e. The first-order valence-corrected chi connectivity index (χ1v) is 15.2. The highest BCUT2D eigenvalue weighted by molar-refractivity contribution is 5.97. The average Bonchev–Trinajstić information content (AvgIpc) is 2.95. The monoisotopic (exact) mass is 596 g/mol. The molecule has 0 spiro atoms. The summed E-state index contributed by atoms with van der Waals surface area (Å²) >= 11 is 0. The molecule has 3 atom stereocenters. The van der Waals surface area contributed by atoms with Crippen LogP contribution in [0.3, 0.4) is 0 Å². The number of nitrogens with zero attached hydrogens (tertiary/aromatic N) is 2. The van der Waals surface area contributed by atoms with Crippen LogP contribution < -0.4 is 10.7 Å². The number of nitrogens with one attached hydrogen (secondary N) is 2. The van der Waals surface area contributed by atoms with Crippen molar-refractivity contribution in [2.24, 2.45) is 11.8 Å². The van der Waals surface area contributed by atoms with Gasteiger partial charge in [-0.3, -0.25) is 9.78 Å². The number of rotatable bonds is 11. The number of Topliss-reactive ketones (excluding diaryl/α,β-unsaturated/α-hetero) is 1. The van der Waals surface area contributed by atoms with E-state index in [0.29, 0.717) is 18.0 Å². The molecular formula is C33H48N4O6. The SMILES string of the molecule is CC(C)(C)OC(=O)NC(C(CN(NCC1CCCCC1)C(=O)OC(C)(C)C)C(=O)c1ccccn1)C(O)c1ccccc1. The van der Waals surface area contributed by atoms with Crippen molar-refractivity contribution in [1.29, 1.82) is 0 Å². The minimum Gasteiger partial charge on any atom is -0.444 e. The molecule has 1 aliphatic rings. The number of hydrazine groups is 1. The quantitative estimate of drug-likeness (QED) is 0.218. The second kappa shape index (κ2) is 15.3. The number of hydrogen-bond acceptors (Lipinski definition) is 8. The number of aliphatic hydroxyl groups is 1. The van der Waals surface area contributed by atoms with Gasteiger partial charge in [-0.2, -0.15) is 0 Å². The normalized spacial score (nSPS) is 16.4. The number of aliphatic hydroxyl groups excluding tert-OH is 1. The van der Waals surface area contributed by atoms with Gasteiger partial charge in [-0.25, -0.2) is 20.0 Å². The molecule has 43 heavy (non-hydrogen) atoms. The maximum atomic E-state index is 14.2. The van der Waals surface area contributed by atoms with Crippen LogP contribution in [0.1, 0.15) is 95.8 Å². The number of aromatic nitrogens is 1. The fourth-order valence-corrected chi connectivity index (χ4v) is 5.11. The number of ether oxygens (including phenoxy) is 2. The molecule has 1 fully saturated rings. The van der Waals surface area contributed by atoms with Gasteiger partial charge in [0.2, 0.25) is 0 Å². The largest absolute Gasteiger partial charge is 0.444 e. The summed E-state index contributed by atoms with van der Waals surface area (Å²) in [5, 5.41) is 15.7. The number of hydrogen-bond donors (Lipinski definition) is 3. The molecule has 0 saturated heterocycles. The summed E-state index contributed by atoms with van der Waals surface area (Å²) in [4.78, 5) is 45.1. The smallest absolute Gasteiger partial charge is 0.424 e. The Balaban J connectivity index is 2.04. The lowest BCUT2D eigenvalue weighted by Gasteiger charge is -2.36. The third-order valence-electron chi connectivity index (χ3n) is 7.14. The molecule has 10 nitrogen and oxygen atoms in total. The Labute approximate surface area is 255 Å². The molecule has 1 heterocycles. The number of carbonyl (C=O) groups is 3. The highest BCUT2D eigenvalue weighted by Gasteiger charge is 2.40. The number of alkyl carbamates (subject to hydrolysis) is 1. The Morgan fingerprint density at radius 2 is 1.56 bits per heavy atom. The van der Waals surface area contributed by atoms with E-state index in [-0.39, 0.29) is 12.2 Å². The van der Waals surface area contributed by atoms with E-state index in [1.54, 1.807) is 84.0 Å². The van der Waals surface area contributed by atoms with Crippen LogP contribution in [-0.2, 0) is 9.47 Å². The molecule has 1 aromatic heterocycles. The van der Waals surface area contributed by atoms with Crippen LogP contribution in [0.2, 0.25) is 0 Å². The van der Waals surface area contributed by atoms with E-state index in [1.165, 1.54) is 17.6 Å². The first-order valence-electron chi connectivity index (χ1n) is 15.2. The lowest BCUT2D eigenvalue weighted by Crippen LogP contribution is -2.56. The molecule has 3 rings (SSSR count). The zero-order valence-corrected chi connectivity index (χ0v) is 26.3. The average molecular weight is 597 g/mol. The van der Waals surface area contributed by atoms with E-state index < -0.39 is 47.2 Å². The molecule has 1 aromatic carbocycles. The topological polar surface area (TPSA) is 130 Å². The number of benzene rings is 1. The second-order valence-corrected chi connectivity index (χ2v) is 13.2. The predicted octanol–water partition coefficient (Wildman–Crippen LogP) is 5.83. The van der Waals surface area contributed by atoms with Crippen molar-refractivity contribution >= 4 is 18.0 Å². The van der Waals surface area contributed by atoms with E-state index >= 15 is 0 Å². The minimum absolute atomic E-state index is 0.139. The van der Waals surface area contributed by atoms with Crippen molar-refractivity contribution < 1.29 is 29.0 Å². The zero-order valence-electron chi connectivity index (χ0n) is 26.3. The maximum absolute atomic E-state index is 14.2. The van der Waals surface area contributed by atoms with Gasteiger partial charge in [-0.05, 0) is 78.0 Å². The van der Waals surface area contributed by atoms with E-state index in [2.05, 4.69) is 15.7 Å². The Kier molecular flexibility index (Phi) is 12.1. The van der Waals surface area contributed by atoms with Crippen molar-refractivity contribution in [3.8, 4) is 0 Å². The number of ketones is 1. The van der Waals surface area contributed by atoms with Crippen LogP contribution in [0.15, 0.2) is 54.7 Å². The summed E-state index contributed by atoms with van der Waals surface area (Å²) in [7, 11) is 0. The predicted molar refractivity (Wildman–Crippen MR) is 164 cm³/mol. The summed E-state index contributed by atoms with van der Waals surface area (Å²) in [5.74, 6) is -1.22. The summed E-state index contributed by atoms with van der Waals surface area (Å²) in [6.07, 6.45) is 4.27. The Hall–Kier alpha value is -3.50. The van der Waals surface area contributed by atoms with Crippen molar-refractivity contribution in [3.05, 3.63) is 66.0 Å². The number of carbonyl (C=O) groups excluding carboxylic acids is 3. The molecule has 0 radical (unpaired) electrons. The summed E-state index contributed by atoms with van der Waals surface area (Å²) in [6, 6.07) is 12.5. The molecule has 0 bridgehead atoms. The molecule has 236 valence electrons. The Bertz CT molecular complexity index is 1170. The Morgan fingerprint density at radius 3 is 2.14 bits per heavy atom. The molecule has 2 aromatic rings. The third-order valence-corrected chi connectivity index (χ3v) is 7.14. The minimum atomic E-state index is -1.31. The van der Waals surface area contributed by atoms with Gasteiger partial charge in [0.25, 0.3) is 0 Å². The molecule has 3 N–H and O–H groups in total. The van der Waals surface area contributed by atoms with Crippen LogP contribution in [-0.4, -0.2) is 63.4 Å².